The number of amides is 1. The maximum absolute atomic E-state index is 11.9. The zero-order valence-electron chi connectivity index (χ0n) is 13.4. The van der Waals surface area contributed by atoms with E-state index in [0.29, 0.717) is 6.54 Å². The van der Waals surface area contributed by atoms with Crippen LogP contribution in [0.15, 0.2) is 62.0 Å². The van der Waals surface area contributed by atoms with E-state index < -0.39 is 5.76 Å². The minimum Gasteiger partial charge on any atom is -0.387 e. The highest BCUT2D eigenvalue weighted by Gasteiger charge is 2.13. The second-order valence-electron chi connectivity index (χ2n) is 5.17. The summed E-state index contributed by atoms with van der Waals surface area (Å²) >= 11 is 3.17. The first-order chi connectivity index (χ1) is 12.2. The van der Waals surface area contributed by atoms with Crippen molar-refractivity contribution in [3.8, 4) is 10.8 Å². The molecule has 0 aliphatic heterocycles. The fraction of sp³-hybridized carbons (Fsp3) is 0.235. The highest BCUT2D eigenvalue weighted by Crippen LogP contribution is 2.21. The molecule has 2 heterocycles. The number of aromatic nitrogens is 2. The highest BCUT2D eigenvalue weighted by atomic mass is 32.2. The molecule has 0 atom stereocenters. The topological polar surface area (TPSA) is 77.1 Å². The third kappa shape index (κ3) is 5.07. The van der Waals surface area contributed by atoms with Crippen LogP contribution in [0.3, 0.4) is 0 Å². The van der Waals surface area contributed by atoms with Gasteiger partial charge in [0.15, 0.2) is 0 Å². The molecule has 0 unspecified atom stereocenters. The summed E-state index contributed by atoms with van der Waals surface area (Å²) in [6.07, 6.45) is 0.847. The number of nitrogens with one attached hydrogen (secondary N) is 1. The van der Waals surface area contributed by atoms with Gasteiger partial charge in [-0.15, -0.1) is 28.2 Å². The van der Waals surface area contributed by atoms with Gasteiger partial charge in [-0.05, 0) is 35.8 Å². The van der Waals surface area contributed by atoms with Crippen LogP contribution in [0.4, 0.5) is 0 Å². The Morgan fingerprint density at radius 3 is 2.84 bits per heavy atom. The summed E-state index contributed by atoms with van der Waals surface area (Å²) in [7, 11) is 0. The molecular weight excluding hydrogens is 358 g/mol. The summed E-state index contributed by atoms with van der Waals surface area (Å²) in [6, 6.07) is 13.8. The Morgan fingerprint density at radius 2 is 2.08 bits per heavy atom. The summed E-state index contributed by atoms with van der Waals surface area (Å²) in [5.74, 6) is 0.277. The first kappa shape index (κ1) is 17.5. The van der Waals surface area contributed by atoms with Gasteiger partial charge in [0.25, 0.3) is 5.89 Å². The van der Waals surface area contributed by atoms with Crippen LogP contribution in [0.5, 0.6) is 0 Å². The molecule has 0 saturated heterocycles. The monoisotopic (exact) mass is 375 g/mol. The summed E-state index contributed by atoms with van der Waals surface area (Å²) in [5, 5.41) is 8.73. The highest BCUT2D eigenvalue weighted by molar-refractivity contribution is 7.99. The summed E-state index contributed by atoms with van der Waals surface area (Å²) < 4.78 is 6.12. The maximum Gasteiger partial charge on any atom is 0.437 e. The first-order valence-electron chi connectivity index (χ1n) is 7.79. The molecule has 130 valence electrons. The van der Waals surface area contributed by atoms with Gasteiger partial charge in [-0.3, -0.25) is 4.79 Å². The van der Waals surface area contributed by atoms with Crippen LogP contribution < -0.4 is 11.1 Å². The van der Waals surface area contributed by atoms with E-state index in [-0.39, 0.29) is 18.3 Å². The van der Waals surface area contributed by atoms with Crippen molar-refractivity contribution >= 4 is 29.0 Å². The minimum absolute atomic E-state index is 0.139. The molecule has 25 heavy (non-hydrogen) atoms. The molecule has 3 aromatic rings. The molecule has 0 radical (unpaired) electrons. The Balaban J connectivity index is 1.41. The number of thioether (sulfide) groups is 1. The van der Waals surface area contributed by atoms with Gasteiger partial charge in [0.1, 0.15) is 6.54 Å². The average Bonchev–Trinajstić information content (AvgIpc) is 3.26. The average molecular weight is 375 g/mol. The number of thiophene rings is 1. The van der Waals surface area contributed by atoms with Crippen LogP contribution >= 0.6 is 23.1 Å². The summed E-state index contributed by atoms with van der Waals surface area (Å²) in [4.78, 5) is 25.7. The van der Waals surface area contributed by atoms with Crippen LogP contribution in [0.1, 0.15) is 6.42 Å². The van der Waals surface area contributed by atoms with E-state index in [1.165, 1.54) is 16.2 Å². The molecule has 0 aliphatic carbocycles. The first-order valence-corrected chi connectivity index (χ1v) is 9.65. The van der Waals surface area contributed by atoms with Crippen molar-refractivity contribution in [1.82, 2.24) is 15.1 Å². The maximum atomic E-state index is 11.9. The van der Waals surface area contributed by atoms with Gasteiger partial charge < -0.3 is 9.73 Å². The number of hydrogen-bond donors (Lipinski definition) is 1. The van der Waals surface area contributed by atoms with Crippen molar-refractivity contribution in [2.75, 3.05) is 12.3 Å². The van der Waals surface area contributed by atoms with Gasteiger partial charge in [-0.25, -0.2) is 4.79 Å². The summed E-state index contributed by atoms with van der Waals surface area (Å²) in [6.45, 7) is 0.419. The van der Waals surface area contributed by atoms with Gasteiger partial charge >= 0.3 is 5.76 Å². The lowest BCUT2D eigenvalue weighted by molar-refractivity contribution is -0.121. The van der Waals surface area contributed by atoms with Crippen molar-refractivity contribution < 1.29 is 9.21 Å². The fourth-order valence-electron chi connectivity index (χ4n) is 2.10. The molecule has 0 spiro atoms. The van der Waals surface area contributed by atoms with Gasteiger partial charge in [-0.1, -0.05) is 24.3 Å². The zero-order valence-corrected chi connectivity index (χ0v) is 15.0. The van der Waals surface area contributed by atoms with E-state index in [2.05, 4.69) is 22.5 Å². The predicted octanol–water partition coefficient (Wildman–Crippen LogP) is 2.86. The lowest BCUT2D eigenvalue weighted by Crippen LogP contribution is -2.32. The lowest BCUT2D eigenvalue weighted by atomic mass is 10.4. The van der Waals surface area contributed by atoms with E-state index in [1.807, 2.05) is 35.7 Å². The van der Waals surface area contributed by atoms with Crippen molar-refractivity contribution in [3.05, 3.63) is 58.4 Å². The predicted molar refractivity (Wildman–Crippen MR) is 98.9 cm³/mol. The second kappa shape index (κ2) is 8.68. The minimum atomic E-state index is -0.627. The molecule has 0 fully saturated rings. The molecule has 8 heteroatoms. The van der Waals surface area contributed by atoms with Crippen LogP contribution in [-0.4, -0.2) is 28.0 Å². The van der Waals surface area contributed by atoms with E-state index in [9.17, 15) is 9.59 Å². The number of carbonyl (C=O) groups is 1. The lowest BCUT2D eigenvalue weighted by Gasteiger charge is -2.04. The van der Waals surface area contributed by atoms with Crippen molar-refractivity contribution in [2.24, 2.45) is 0 Å². The Labute approximate surface area is 152 Å². The molecule has 1 amide bonds. The molecule has 0 saturated carbocycles. The Kier molecular flexibility index (Phi) is 6.08. The standard InChI is InChI=1S/C17H17N3O3S2/c21-15(18-9-5-11-24-13-6-2-1-3-7-13)12-20-17(22)23-16(19-20)14-8-4-10-25-14/h1-4,6-8,10H,5,9,11-12H2,(H,18,21). The van der Waals surface area contributed by atoms with Crippen LogP contribution in [0.25, 0.3) is 10.8 Å². The zero-order chi connectivity index (χ0) is 17.5. The molecule has 1 aromatic carbocycles. The number of carbonyl (C=O) groups excluding carboxylic acids is 1. The summed E-state index contributed by atoms with van der Waals surface area (Å²) in [5.41, 5.74) is 0. The van der Waals surface area contributed by atoms with Gasteiger partial charge in [0.2, 0.25) is 5.91 Å². The SMILES string of the molecule is O=C(Cn1nc(-c2cccs2)oc1=O)NCCCSc1ccccc1. The third-order valence-electron chi connectivity index (χ3n) is 3.29. The van der Waals surface area contributed by atoms with E-state index in [0.717, 1.165) is 21.7 Å². The molecular formula is C17H17N3O3S2. The molecule has 6 nitrogen and oxygen atoms in total. The van der Waals surface area contributed by atoms with Crippen LogP contribution in [0.2, 0.25) is 0 Å². The molecule has 0 bridgehead atoms. The molecule has 3 rings (SSSR count). The largest absolute Gasteiger partial charge is 0.437 e. The van der Waals surface area contributed by atoms with Crippen molar-refractivity contribution in [1.29, 1.82) is 0 Å². The van der Waals surface area contributed by atoms with Crippen molar-refractivity contribution in [3.63, 3.8) is 0 Å². The number of rotatable bonds is 8. The van der Waals surface area contributed by atoms with Gasteiger partial charge in [0.05, 0.1) is 4.88 Å². The van der Waals surface area contributed by atoms with Gasteiger partial charge in [0, 0.05) is 11.4 Å². The van der Waals surface area contributed by atoms with E-state index >= 15 is 0 Å². The normalized spacial score (nSPS) is 10.7. The molecule has 2 aromatic heterocycles. The van der Waals surface area contributed by atoms with Crippen LogP contribution in [-0.2, 0) is 11.3 Å². The van der Waals surface area contributed by atoms with Crippen LogP contribution in [0, 0.1) is 0 Å². The Bertz CT molecular complexity index is 857. The number of benzene rings is 1. The number of nitrogens with zero attached hydrogens (tertiary/aromatic N) is 2. The Hall–Kier alpha value is -2.32. The fourth-order valence-corrected chi connectivity index (χ4v) is 3.62. The Morgan fingerprint density at radius 1 is 1.24 bits per heavy atom. The van der Waals surface area contributed by atoms with E-state index in [4.69, 9.17) is 4.42 Å². The quantitative estimate of drug-likeness (QED) is 0.484. The molecule has 0 aliphatic rings. The van der Waals surface area contributed by atoms with E-state index in [1.54, 1.807) is 11.8 Å². The van der Waals surface area contributed by atoms with Gasteiger partial charge in [-0.2, -0.15) is 4.68 Å². The number of hydrogen-bond acceptors (Lipinski definition) is 6. The second-order valence-corrected chi connectivity index (χ2v) is 7.29. The van der Waals surface area contributed by atoms with Crippen molar-refractivity contribution in [2.45, 2.75) is 17.9 Å². The molecule has 1 N–H and O–H groups in total. The third-order valence-corrected chi connectivity index (χ3v) is 5.24. The smallest absolute Gasteiger partial charge is 0.387 e.